The van der Waals surface area contributed by atoms with E-state index in [-0.39, 0.29) is 0 Å². The Morgan fingerprint density at radius 3 is 2.44 bits per heavy atom. The quantitative estimate of drug-likeness (QED) is 0.766. The van der Waals surface area contributed by atoms with Crippen LogP contribution in [0.2, 0.25) is 0 Å². The Morgan fingerprint density at radius 2 is 1.78 bits per heavy atom. The minimum atomic E-state index is 0.769. The van der Waals surface area contributed by atoms with Crippen LogP contribution in [0.1, 0.15) is 30.6 Å². The Hall–Kier alpha value is -1.16. The van der Waals surface area contributed by atoms with Crippen LogP contribution >= 0.6 is 15.9 Å². The second-order valence-electron chi connectivity index (χ2n) is 4.30. The van der Waals surface area contributed by atoms with Crippen molar-refractivity contribution in [2.45, 2.75) is 38.1 Å². The van der Waals surface area contributed by atoms with E-state index in [0.717, 1.165) is 42.8 Å². The molecule has 0 aliphatic heterocycles. The van der Waals surface area contributed by atoms with E-state index in [0.29, 0.717) is 0 Å². The molecule has 0 fully saturated rings. The fraction of sp³-hybridized carbons (Fsp3) is 0.429. The molecule has 0 aliphatic rings. The summed E-state index contributed by atoms with van der Waals surface area (Å²) in [5.74, 6) is 2.12. The molecule has 1 aromatic heterocycles. The van der Waals surface area contributed by atoms with Crippen molar-refractivity contribution in [2.24, 2.45) is 0 Å². The molecule has 0 saturated carbocycles. The van der Waals surface area contributed by atoms with Crippen LogP contribution in [0.4, 0.5) is 0 Å². The van der Waals surface area contributed by atoms with Gasteiger partial charge in [-0.3, -0.25) is 0 Å². The Morgan fingerprint density at radius 1 is 1.06 bits per heavy atom. The average Bonchev–Trinajstić information content (AvgIpc) is 2.80. The highest BCUT2D eigenvalue weighted by atomic mass is 79.9. The molecule has 0 aliphatic carbocycles. The first-order chi connectivity index (χ1) is 8.85. The number of rotatable bonds is 6. The summed E-state index contributed by atoms with van der Waals surface area (Å²) in [6.45, 7) is 3.18. The van der Waals surface area contributed by atoms with Gasteiger partial charge >= 0.3 is 0 Å². The van der Waals surface area contributed by atoms with E-state index in [1.165, 1.54) is 5.56 Å². The highest BCUT2D eigenvalue weighted by Crippen LogP contribution is 2.10. The van der Waals surface area contributed by atoms with Gasteiger partial charge in [0.25, 0.3) is 0 Å². The molecule has 0 radical (unpaired) electrons. The van der Waals surface area contributed by atoms with Crippen LogP contribution < -0.4 is 0 Å². The van der Waals surface area contributed by atoms with Crippen molar-refractivity contribution in [3.63, 3.8) is 0 Å². The highest BCUT2D eigenvalue weighted by Gasteiger charge is 2.10. The predicted octanol–water partition coefficient (Wildman–Crippen LogP) is 3.37. The molecule has 0 atom stereocenters. The van der Waals surface area contributed by atoms with Crippen molar-refractivity contribution in [3.05, 3.63) is 47.5 Å². The summed E-state index contributed by atoms with van der Waals surface area (Å²) >= 11 is 3.46. The van der Waals surface area contributed by atoms with Crippen LogP contribution in [-0.2, 0) is 24.7 Å². The maximum absolute atomic E-state index is 4.30. The molecule has 0 N–H and O–H groups in total. The van der Waals surface area contributed by atoms with Gasteiger partial charge in [-0.15, -0.1) is 10.2 Å². The van der Waals surface area contributed by atoms with E-state index < -0.39 is 0 Å². The smallest absolute Gasteiger partial charge is 0.143 e. The Kier molecular flexibility index (Phi) is 4.93. The molecule has 0 bridgehead atoms. The van der Waals surface area contributed by atoms with Crippen molar-refractivity contribution in [3.8, 4) is 0 Å². The minimum absolute atomic E-state index is 0.769. The molecule has 96 valence electrons. The average molecular weight is 308 g/mol. The van der Waals surface area contributed by atoms with Crippen LogP contribution in [0.25, 0.3) is 0 Å². The fourth-order valence-electron chi connectivity index (χ4n) is 2.04. The summed E-state index contributed by atoms with van der Waals surface area (Å²) < 4.78 is 2.23. The zero-order valence-corrected chi connectivity index (χ0v) is 12.2. The molecule has 0 spiro atoms. The van der Waals surface area contributed by atoms with Gasteiger partial charge in [0.15, 0.2) is 0 Å². The summed E-state index contributed by atoms with van der Waals surface area (Å²) in [5, 5.41) is 9.30. The molecular weight excluding hydrogens is 290 g/mol. The lowest BCUT2D eigenvalue weighted by molar-refractivity contribution is 0.617. The molecule has 0 amide bonds. The van der Waals surface area contributed by atoms with E-state index in [4.69, 9.17) is 0 Å². The molecule has 3 nitrogen and oxygen atoms in total. The third-order valence-electron chi connectivity index (χ3n) is 2.95. The van der Waals surface area contributed by atoms with Gasteiger partial charge in [0, 0.05) is 13.0 Å². The van der Waals surface area contributed by atoms with Crippen molar-refractivity contribution < 1.29 is 0 Å². The molecule has 4 heteroatoms. The molecule has 1 heterocycles. The van der Waals surface area contributed by atoms with Gasteiger partial charge in [-0.1, -0.05) is 53.2 Å². The van der Waals surface area contributed by atoms with Gasteiger partial charge in [0.2, 0.25) is 0 Å². The lowest BCUT2D eigenvalue weighted by Crippen LogP contribution is -2.07. The molecular formula is C14H18BrN3. The van der Waals surface area contributed by atoms with Gasteiger partial charge in [0.1, 0.15) is 11.6 Å². The van der Waals surface area contributed by atoms with E-state index in [2.05, 4.69) is 61.9 Å². The summed E-state index contributed by atoms with van der Waals surface area (Å²) in [6, 6.07) is 10.5. The highest BCUT2D eigenvalue weighted by molar-refractivity contribution is 9.08. The van der Waals surface area contributed by atoms with Gasteiger partial charge in [-0.25, -0.2) is 0 Å². The van der Waals surface area contributed by atoms with Crippen molar-refractivity contribution in [2.75, 3.05) is 0 Å². The summed E-state index contributed by atoms with van der Waals surface area (Å²) in [4.78, 5) is 0. The zero-order valence-electron chi connectivity index (χ0n) is 10.6. The fourth-order valence-corrected chi connectivity index (χ4v) is 2.45. The first-order valence-electron chi connectivity index (χ1n) is 6.36. The monoisotopic (exact) mass is 307 g/mol. The number of halogens is 1. The first kappa shape index (κ1) is 13.3. The number of aryl methyl sites for hydroxylation is 2. The lowest BCUT2D eigenvalue weighted by atomic mass is 10.1. The molecule has 0 saturated heterocycles. The normalized spacial score (nSPS) is 10.8. The molecule has 2 aromatic rings. The Balaban J connectivity index is 2.07. The van der Waals surface area contributed by atoms with E-state index in [9.17, 15) is 0 Å². The Bertz CT molecular complexity index is 479. The summed E-state index contributed by atoms with van der Waals surface area (Å²) in [6.07, 6.45) is 3.07. The Labute approximate surface area is 116 Å². The zero-order chi connectivity index (χ0) is 12.8. The van der Waals surface area contributed by atoms with Gasteiger partial charge in [0.05, 0.1) is 5.33 Å². The summed E-state index contributed by atoms with van der Waals surface area (Å²) in [5.41, 5.74) is 1.35. The van der Waals surface area contributed by atoms with E-state index in [1.807, 2.05) is 6.07 Å². The second kappa shape index (κ2) is 6.69. The van der Waals surface area contributed by atoms with Crippen LogP contribution in [-0.4, -0.2) is 14.8 Å². The third-order valence-corrected chi connectivity index (χ3v) is 3.45. The molecule has 2 rings (SSSR count). The number of hydrogen-bond donors (Lipinski definition) is 0. The largest absolute Gasteiger partial charge is 0.314 e. The van der Waals surface area contributed by atoms with Crippen molar-refractivity contribution in [1.29, 1.82) is 0 Å². The standard InChI is InChI=1S/C14H18BrN3/c1-2-10-18-13(16-17-14(18)11-15)9-8-12-6-4-3-5-7-12/h3-7H,2,8-11H2,1H3. The SMILES string of the molecule is CCCn1c(CBr)nnc1CCc1ccccc1. The number of aromatic nitrogens is 3. The third kappa shape index (κ3) is 3.19. The predicted molar refractivity (Wildman–Crippen MR) is 76.8 cm³/mol. The second-order valence-corrected chi connectivity index (χ2v) is 4.86. The molecule has 18 heavy (non-hydrogen) atoms. The number of benzene rings is 1. The van der Waals surface area contributed by atoms with Crippen LogP contribution in [0.3, 0.4) is 0 Å². The maximum atomic E-state index is 4.30. The van der Waals surface area contributed by atoms with Crippen LogP contribution in [0.5, 0.6) is 0 Å². The van der Waals surface area contributed by atoms with Crippen LogP contribution in [0, 0.1) is 0 Å². The number of nitrogens with zero attached hydrogens (tertiary/aromatic N) is 3. The number of alkyl halides is 1. The van der Waals surface area contributed by atoms with E-state index in [1.54, 1.807) is 0 Å². The lowest BCUT2D eigenvalue weighted by Gasteiger charge is -2.07. The van der Waals surface area contributed by atoms with Crippen molar-refractivity contribution >= 4 is 15.9 Å². The summed E-state index contributed by atoms with van der Waals surface area (Å²) in [7, 11) is 0. The van der Waals surface area contributed by atoms with Gasteiger partial charge in [-0.05, 0) is 18.4 Å². The molecule has 0 unspecified atom stereocenters. The van der Waals surface area contributed by atoms with Crippen LogP contribution in [0.15, 0.2) is 30.3 Å². The van der Waals surface area contributed by atoms with Gasteiger partial charge in [-0.2, -0.15) is 0 Å². The number of hydrogen-bond acceptors (Lipinski definition) is 2. The van der Waals surface area contributed by atoms with E-state index >= 15 is 0 Å². The minimum Gasteiger partial charge on any atom is -0.314 e. The molecule has 1 aromatic carbocycles. The maximum Gasteiger partial charge on any atom is 0.143 e. The van der Waals surface area contributed by atoms with Gasteiger partial charge < -0.3 is 4.57 Å². The van der Waals surface area contributed by atoms with Crippen molar-refractivity contribution in [1.82, 2.24) is 14.8 Å². The topological polar surface area (TPSA) is 30.7 Å². The first-order valence-corrected chi connectivity index (χ1v) is 7.48.